The molecule has 0 bridgehead atoms. The number of nitrogens with one attached hydrogen (secondary N) is 1. The molecule has 2 heterocycles. The van der Waals surface area contributed by atoms with Crippen molar-refractivity contribution in [2.75, 3.05) is 0 Å². The molecule has 2 aromatic rings. The van der Waals surface area contributed by atoms with E-state index in [1.807, 2.05) is 12.1 Å². The summed E-state index contributed by atoms with van der Waals surface area (Å²) in [6, 6.07) is 5.05. The van der Waals surface area contributed by atoms with Crippen molar-refractivity contribution in [3.05, 3.63) is 51.9 Å². The van der Waals surface area contributed by atoms with E-state index in [2.05, 4.69) is 9.97 Å². The van der Waals surface area contributed by atoms with Crippen LogP contribution in [-0.4, -0.2) is 14.5 Å². The summed E-state index contributed by atoms with van der Waals surface area (Å²) in [6.45, 7) is 0. The predicted molar refractivity (Wildman–Crippen MR) is 55.0 cm³/mol. The summed E-state index contributed by atoms with van der Waals surface area (Å²) in [4.78, 5) is 17.4. The van der Waals surface area contributed by atoms with Crippen molar-refractivity contribution in [1.82, 2.24) is 14.5 Å². The second-order valence-electron chi connectivity index (χ2n) is 2.69. The maximum Gasteiger partial charge on any atom is 0.251 e. The highest BCUT2D eigenvalue weighted by atomic mass is 32.1. The van der Waals surface area contributed by atoms with Gasteiger partial charge in [-0.1, -0.05) is 0 Å². The molecule has 2 aromatic heterocycles. The van der Waals surface area contributed by atoms with E-state index >= 15 is 0 Å². The molecule has 0 radical (unpaired) electrons. The molecule has 70 valence electrons. The number of aromatic nitrogens is 3. The number of pyridine rings is 1. The number of rotatable bonds is 1. The molecule has 0 saturated heterocycles. The predicted octanol–water partition coefficient (Wildman–Crippen LogP) is 1.29. The van der Waals surface area contributed by atoms with Crippen LogP contribution in [0.25, 0.3) is 5.69 Å². The van der Waals surface area contributed by atoms with Crippen LogP contribution in [0.15, 0.2) is 41.6 Å². The minimum absolute atomic E-state index is 0.194. The van der Waals surface area contributed by atoms with Gasteiger partial charge in [0.05, 0.1) is 5.69 Å². The molecule has 14 heavy (non-hydrogen) atoms. The van der Waals surface area contributed by atoms with Crippen LogP contribution >= 0.6 is 12.2 Å². The number of nitrogens with zero attached hydrogens (tertiary/aromatic N) is 2. The van der Waals surface area contributed by atoms with Gasteiger partial charge in [0.25, 0.3) is 5.56 Å². The molecule has 0 atom stereocenters. The molecule has 0 aliphatic carbocycles. The van der Waals surface area contributed by atoms with Crippen molar-refractivity contribution in [3.8, 4) is 5.69 Å². The van der Waals surface area contributed by atoms with Gasteiger partial charge < -0.3 is 0 Å². The lowest BCUT2D eigenvalue weighted by molar-refractivity contribution is 0.934. The Morgan fingerprint density at radius 1 is 1.29 bits per heavy atom. The molecule has 0 spiro atoms. The summed E-state index contributed by atoms with van der Waals surface area (Å²) in [7, 11) is 0. The number of hydrogen-bond acceptors (Lipinski definition) is 3. The summed E-state index contributed by atoms with van der Waals surface area (Å²) in [5.41, 5.74) is 0.682. The molecule has 0 aliphatic heterocycles. The summed E-state index contributed by atoms with van der Waals surface area (Å²) in [5.74, 6) is 0. The van der Waals surface area contributed by atoms with Crippen molar-refractivity contribution >= 4 is 12.2 Å². The van der Waals surface area contributed by atoms with Crippen molar-refractivity contribution in [1.29, 1.82) is 0 Å². The first-order valence-electron chi connectivity index (χ1n) is 4.00. The first-order valence-corrected chi connectivity index (χ1v) is 4.40. The van der Waals surface area contributed by atoms with E-state index < -0.39 is 0 Å². The molecule has 0 aliphatic rings. The third-order valence-electron chi connectivity index (χ3n) is 1.76. The first-order chi connectivity index (χ1) is 6.77. The average molecular weight is 205 g/mol. The SMILES string of the molecule is O=c1ccn(-c2ccncc2)c(=S)[nH]1. The summed E-state index contributed by atoms with van der Waals surface area (Å²) in [5, 5.41) is 0. The monoisotopic (exact) mass is 205 g/mol. The van der Waals surface area contributed by atoms with Gasteiger partial charge in [-0.05, 0) is 24.4 Å². The van der Waals surface area contributed by atoms with E-state index in [9.17, 15) is 4.79 Å². The maximum atomic E-state index is 10.9. The number of aromatic amines is 1. The third-order valence-corrected chi connectivity index (χ3v) is 2.06. The molecule has 0 unspecified atom stereocenters. The lowest BCUT2D eigenvalue weighted by atomic mass is 10.4. The molecular weight excluding hydrogens is 198 g/mol. The maximum absolute atomic E-state index is 10.9. The largest absolute Gasteiger partial charge is 0.299 e. The Morgan fingerprint density at radius 3 is 2.64 bits per heavy atom. The van der Waals surface area contributed by atoms with E-state index in [1.165, 1.54) is 6.07 Å². The molecular formula is C9H7N3OS. The summed E-state index contributed by atoms with van der Waals surface area (Å²) >= 11 is 5.01. The van der Waals surface area contributed by atoms with Gasteiger partial charge in [-0.3, -0.25) is 19.3 Å². The Morgan fingerprint density at radius 2 is 2.00 bits per heavy atom. The Hall–Kier alpha value is -1.75. The van der Waals surface area contributed by atoms with Gasteiger partial charge in [-0.25, -0.2) is 0 Å². The fourth-order valence-corrected chi connectivity index (χ4v) is 1.39. The quantitative estimate of drug-likeness (QED) is 0.714. The molecule has 0 fully saturated rings. The zero-order valence-corrected chi connectivity index (χ0v) is 7.99. The first kappa shape index (κ1) is 8.83. The highest BCUT2D eigenvalue weighted by Crippen LogP contribution is 2.03. The third kappa shape index (κ3) is 1.62. The van der Waals surface area contributed by atoms with Crippen LogP contribution in [0, 0.1) is 4.77 Å². The molecule has 2 rings (SSSR count). The van der Waals surface area contributed by atoms with Crippen molar-refractivity contribution in [2.45, 2.75) is 0 Å². The second kappa shape index (κ2) is 3.55. The van der Waals surface area contributed by atoms with E-state index in [1.54, 1.807) is 23.2 Å². The average Bonchev–Trinajstić information content (AvgIpc) is 2.19. The van der Waals surface area contributed by atoms with Crippen molar-refractivity contribution in [3.63, 3.8) is 0 Å². The highest BCUT2D eigenvalue weighted by Gasteiger charge is 1.95. The lowest BCUT2D eigenvalue weighted by Gasteiger charge is -2.04. The van der Waals surface area contributed by atoms with Gasteiger partial charge in [0, 0.05) is 24.7 Å². The van der Waals surface area contributed by atoms with Crippen LogP contribution in [0.1, 0.15) is 0 Å². The topological polar surface area (TPSA) is 50.7 Å². The number of H-pyrrole nitrogens is 1. The minimum Gasteiger partial charge on any atom is -0.299 e. The molecule has 4 nitrogen and oxygen atoms in total. The smallest absolute Gasteiger partial charge is 0.251 e. The Kier molecular flexibility index (Phi) is 2.24. The van der Waals surface area contributed by atoms with Gasteiger partial charge in [-0.2, -0.15) is 0 Å². The van der Waals surface area contributed by atoms with Crippen LogP contribution in [-0.2, 0) is 0 Å². The van der Waals surface area contributed by atoms with E-state index in [4.69, 9.17) is 12.2 Å². The summed E-state index contributed by atoms with van der Waals surface area (Å²) < 4.78 is 2.09. The molecule has 5 heteroatoms. The van der Waals surface area contributed by atoms with Gasteiger partial charge in [0.15, 0.2) is 4.77 Å². The van der Waals surface area contributed by atoms with E-state index in [0.29, 0.717) is 4.77 Å². The van der Waals surface area contributed by atoms with Crippen LogP contribution in [0.5, 0.6) is 0 Å². The molecule has 0 saturated carbocycles. The van der Waals surface area contributed by atoms with Crippen LogP contribution < -0.4 is 5.56 Å². The van der Waals surface area contributed by atoms with Crippen LogP contribution in [0.4, 0.5) is 0 Å². The van der Waals surface area contributed by atoms with Crippen LogP contribution in [0.2, 0.25) is 0 Å². The van der Waals surface area contributed by atoms with Crippen LogP contribution in [0.3, 0.4) is 0 Å². The van der Waals surface area contributed by atoms with E-state index in [-0.39, 0.29) is 5.56 Å². The standard InChI is InChI=1S/C9H7N3OS/c13-8-3-6-12(9(14)11-8)7-1-4-10-5-2-7/h1-6H,(H,11,13,14). The highest BCUT2D eigenvalue weighted by molar-refractivity contribution is 7.71. The molecule has 0 aromatic carbocycles. The van der Waals surface area contributed by atoms with Gasteiger partial charge in [0.1, 0.15) is 0 Å². The van der Waals surface area contributed by atoms with Gasteiger partial charge >= 0.3 is 0 Å². The Balaban J connectivity index is 2.64. The summed E-state index contributed by atoms with van der Waals surface area (Å²) in [6.07, 6.45) is 4.97. The van der Waals surface area contributed by atoms with E-state index in [0.717, 1.165) is 5.69 Å². The lowest BCUT2D eigenvalue weighted by Crippen LogP contribution is -2.09. The normalized spacial score (nSPS) is 10.0. The second-order valence-corrected chi connectivity index (χ2v) is 3.07. The van der Waals surface area contributed by atoms with Crippen molar-refractivity contribution in [2.24, 2.45) is 0 Å². The fraction of sp³-hybridized carbons (Fsp3) is 0. The molecule has 1 N–H and O–H groups in total. The zero-order valence-electron chi connectivity index (χ0n) is 7.18. The van der Waals surface area contributed by atoms with Crippen molar-refractivity contribution < 1.29 is 0 Å². The zero-order chi connectivity index (χ0) is 9.97. The minimum atomic E-state index is -0.194. The Bertz CT molecular complexity index is 544. The fourth-order valence-electron chi connectivity index (χ4n) is 1.13. The van der Waals surface area contributed by atoms with Gasteiger partial charge in [0.2, 0.25) is 0 Å². The Labute approximate surface area is 84.9 Å². The molecule has 0 amide bonds. The number of hydrogen-bond donors (Lipinski definition) is 1. The van der Waals surface area contributed by atoms with Gasteiger partial charge in [-0.15, -0.1) is 0 Å².